The minimum absolute atomic E-state index is 0.00491. The van der Waals surface area contributed by atoms with Crippen molar-refractivity contribution in [3.8, 4) is 17.1 Å². The molecule has 0 atom stereocenters. The number of alkyl halides is 8. The lowest BCUT2D eigenvalue weighted by atomic mass is 9.92. The van der Waals surface area contributed by atoms with Gasteiger partial charge in [-0.3, -0.25) is 13.7 Å². The van der Waals surface area contributed by atoms with E-state index in [1.807, 2.05) is 73.2 Å². The molecular weight excluding hydrogens is 1560 g/mol. The van der Waals surface area contributed by atoms with E-state index in [1.165, 1.54) is 77.4 Å². The molecule has 24 nitrogen and oxygen atoms in total. The first-order chi connectivity index (χ1) is 55.7. The van der Waals surface area contributed by atoms with Gasteiger partial charge in [0, 0.05) is 49.4 Å². The van der Waals surface area contributed by atoms with Crippen molar-refractivity contribution in [2.45, 2.75) is 118 Å². The third kappa shape index (κ3) is 19.1. The van der Waals surface area contributed by atoms with Crippen LogP contribution in [0, 0.1) is 53.2 Å². The van der Waals surface area contributed by atoms with Gasteiger partial charge in [-0.1, -0.05) is 18.2 Å². The second-order valence-corrected chi connectivity index (χ2v) is 27.2. The number of carbonyl (C=O) groups is 6. The molecule has 6 aromatic heterocycles. The van der Waals surface area contributed by atoms with E-state index in [0.717, 1.165) is 76.0 Å². The second kappa shape index (κ2) is 34.5. The molecule has 6 N–H and O–H groups in total. The Morgan fingerprint density at radius 3 is 1.08 bits per heavy atom. The highest BCUT2D eigenvalue weighted by Crippen LogP contribution is 2.41. The van der Waals surface area contributed by atoms with Gasteiger partial charge in [0.15, 0.2) is 11.6 Å². The van der Waals surface area contributed by atoms with Gasteiger partial charge in [-0.2, -0.15) is 26.3 Å². The number of rotatable bonds is 13. The van der Waals surface area contributed by atoms with Crippen molar-refractivity contribution in [1.82, 2.24) is 57.3 Å². The summed E-state index contributed by atoms with van der Waals surface area (Å²) in [5.74, 6) is -6.45. The summed E-state index contributed by atoms with van der Waals surface area (Å²) >= 11 is 0. The number of fused-ring (bicyclic) bond motifs is 6. The lowest BCUT2D eigenvalue weighted by Gasteiger charge is -2.30. The van der Waals surface area contributed by atoms with Crippen LogP contribution in [-0.4, -0.2) is 136 Å². The van der Waals surface area contributed by atoms with Crippen LogP contribution in [0.1, 0.15) is 148 Å². The van der Waals surface area contributed by atoms with E-state index < -0.39 is 77.7 Å². The number of para-hydroxylation sites is 1. The van der Waals surface area contributed by atoms with Crippen molar-refractivity contribution < 1.29 is 103 Å². The Hall–Kier alpha value is -14.1. The molecule has 0 saturated heterocycles. The highest BCUT2D eigenvalue weighted by Gasteiger charge is 2.37. The highest BCUT2D eigenvalue weighted by atomic mass is 19.4. The van der Waals surface area contributed by atoms with E-state index in [4.69, 9.17) is 30.6 Å². The Kier molecular flexibility index (Phi) is 24.8. The minimum Gasteiger partial charge on any atom is -0.478 e. The van der Waals surface area contributed by atoms with Gasteiger partial charge in [0.25, 0.3) is 0 Å². The van der Waals surface area contributed by atoms with E-state index in [9.17, 15) is 72.7 Å². The van der Waals surface area contributed by atoms with Crippen LogP contribution >= 0.6 is 0 Å². The number of hydrogen-bond acceptors (Lipinski definition) is 12. The van der Waals surface area contributed by atoms with Crippen molar-refractivity contribution >= 4 is 102 Å². The molecule has 15 aromatic rings. The van der Waals surface area contributed by atoms with E-state index in [-0.39, 0.29) is 58.8 Å². The van der Waals surface area contributed by atoms with E-state index >= 15 is 0 Å². The van der Waals surface area contributed by atoms with Crippen molar-refractivity contribution in [2.24, 2.45) is 0 Å². The molecule has 1 aliphatic rings. The number of benzene rings is 9. The van der Waals surface area contributed by atoms with Gasteiger partial charge in [-0.25, -0.2) is 76.2 Å². The molecule has 0 amide bonds. The number of carboxylic acids is 6. The molecule has 610 valence electrons. The zero-order valence-electron chi connectivity index (χ0n) is 63.6. The summed E-state index contributed by atoms with van der Waals surface area (Å²) in [4.78, 5) is 91.3. The molecule has 0 aliphatic heterocycles. The monoisotopic (exact) mass is 1630 g/mol. The van der Waals surface area contributed by atoms with E-state index in [1.54, 1.807) is 78.4 Å². The zero-order valence-corrected chi connectivity index (χ0v) is 63.6. The molecule has 34 heteroatoms. The van der Waals surface area contributed by atoms with Gasteiger partial charge in [-0.15, -0.1) is 0 Å². The summed E-state index contributed by atoms with van der Waals surface area (Å²) in [6.07, 6.45) is -8.95. The van der Waals surface area contributed by atoms with Crippen molar-refractivity contribution in [3.05, 3.63) is 268 Å². The zero-order chi connectivity index (χ0) is 85.7. The average molecular weight is 1630 g/mol. The lowest BCUT2D eigenvalue weighted by molar-refractivity contribution is -0.138. The summed E-state index contributed by atoms with van der Waals surface area (Å²) in [6, 6.07) is 46.1. The van der Waals surface area contributed by atoms with Crippen LogP contribution < -0.4 is 0 Å². The van der Waals surface area contributed by atoms with Crippen LogP contribution in [0.3, 0.4) is 0 Å². The number of nitrogens with zero attached hydrogens (tertiary/aromatic N) is 12. The fourth-order valence-corrected chi connectivity index (χ4v) is 13.8. The Balaban J connectivity index is 0.000000139. The third-order valence-corrected chi connectivity index (χ3v) is 19.3. The maximum atomic E-state index is 13.4. The first-order valence-electron chi connectivity index (χ1n) is 36.1. The molecule has 0 unspecified atom stereocenters. The average Bonchev–Trinajstić information content (AvgIpc) is 1.63. The molecule has 6 heterocycles. The molecule has 0 bridgehead atoms. The van der Waals surface area contributed by atoms with Crippen LogP contribution in [0.2, 0.25) is 0 Å². The van der Waals surface area contributed by atoms with E-state index in [0.29, 0.717) is 85.8 Å². The van der Waals surface area contributed by atoms with Gasteiger partial charge < -0.3 is 44.3 Å². The van der Waals surface area contributed by atoms with Gasteiger partial charge in [0.05, 0.1) is 117 Å². The lowest BCUT2D eigenvalue weighted by Crippen LogP contribution is -2.26. The molecule has 0 radical (unpaired) electrons. The van der Waals surface area contributed by atoms with Crippen LogP contribution in [0.5, 0.6) is 0 Å². The molecule has 16 rings (SSSR count). The quantitative estimate of drug-likeness (QED) is 0.0584. The summed E-state index contributed by atoms with van der Waals surface area (Å²) in [5, 5.41) is 53.7. The fourth-order valence-electron chi connectivity index (χ4n) is 13.8. The predicted octanol–water partition coefficient (Wildman–Crippen LogP) is 19.2. The third-order valence-electron chi connectivity index (χ3n) is 19.3. The summed E-state index contributed by atoms with van der Waals surface area (Å²) < 4.78 is 138. The fraction of sp³-hybridized carbons (Fsp3) is 0.214. The topological polar surface area (TPSA) is 331 Å². The normalized spacial score (nSPS) is 12.7. The summed E-state index contributed by atoms with van der Waals surface area (Å²) in [7, 11) is 0. The number of aromatic nitrogens is 12. The van der Waals surface area contributed by atoms with Gasteiger partial charge in [0.1, 0.15) is 34.9 Å². The standard InChI is InChI=1S/C16H11F3N2O2.C15H10F2N2O2.C15H16F2N2O2.C15H12N2O2.C12H11F3N2O2.C11H12N2O2/c1-9-20-13-8-10(15(22)23)2-7-14(13)21(9)12-5-3-11(4-6-12)16(17,18)19;1-8-18-13-6-9(15(20)21)2-5-14(13)19(8)10-3-4-11(16)12(17)7-10;1-9-18-12-8-10(14(20)21)2-3-13(12)19(9)11-4-6-15(16,17)7-5-11;1-10-16-13-9-11(15(18)19)7-8-14(13)17(10)12-5-3-2-4-6-12;1-7-16-9-6-8(11(18)19)2-3-10(9)17(7)5-4-12(13,14)15;1-3-13-7(2)12-9-6-8(11(14)15)4-5-10(9)13/h2-8H,1H3,(H,22,23);2-7H,1H3,(H,20,21);2-3,8,11H,4-7H2,1H3,(H,20,21);2-9H,1H3,(H,18,19);2-3,6H,4-5H2,1H3,(H,18,19);4-6H,3H2,1-2H3,(H,14,15). The predicted molar refractivity (Wildman–Crippen MR) is 416 cm³/mol. The number of imidazole rings is 6. The Morgan fingerprint density at radius 2 is 0.703 bits per heavy atom. The highest BCUT2D eigenvalue weighted by molar-refractivity contribution is 5.97. The van der Waals surface area contributed by atoms with Crippen LogP contribution in [-0.2, 0) is 19.3 Å². The van der Waals surface area contributed by atoms with Crippen LogP contribution in [0.4, 0.5) is 43.9 Å². The maximum Gasteiger partial charge on any atom is 0.416 e. The molecule has 0 spiro atoms. The summed E-state index contributed by atoms with van der Waals surface area (Å²) in [6.45, 7) is 13.3. The molecule has 1 aliphatic carbocycles. The number of aromatic carboxylic acids is 6. The SMILES string of the molecule is CCn1c(C)nc2cc(C(=O)O)ccc21.Cc1nc2cc(C(=O)O)ccc2n1-c1ccc(C(F)(F)F)cc1.Cc1nc2cc(C(=O)O)ccc2n1-c1ccc(F)c(F)c1.Cc1nc2cc(C(=O)O)ccc2n1-c1ccccc1.Cc1nc2cc(C(=O)O)ccc2n1C1CCC(F)(F)CC1.Cc1nc2cc(C(=O)O)ccc2n1CCC(F)(F)F. The largest absolute Gasteiger partial charge is 0.478 e. The number of halogens is 10. The molecule has 118 heavy (non-hydrogen) atoms. The van der Waals surface area contributed by atoms with Crippen molar-refractivity contribution in [3.63, 3.8) is 0 Å². The summed E-state index contributed by atoms with van der Waals surface area (Å²) in [5.41, 5.74) is 10.1. The second-order valence-electron chi connectivity index (χ2n) is 27.2. The minimum atomic E-state index is -4.39. The van der Waals surface area contributed by atoms with E-state index in [2.05, 4.69) is 34.5 Å². The Morgan fingerprint density at radius 1 is 0.381 bits per heavy atom. The van der Waals surface area contributed by atoms with Crippen LogP contribution in [0.25, 0.3) is 83.3 Å². The smallest absolute Gasteiger partial charge is 0.416 e. The van der Waals surface area contributed by atoms with Gasteiger partial charge >= 0.3 is 48.2 Å². The first kappa shape index (κ1) is 84.8. The molecule has 1 saturated carbocycles. The molecule has 9 aromatic carbocycles. The number of carboxylic acid groups (broad SMARTS) is 6. The van der Waals surface area contributed by atoms with Gasteiger partial charge in [-0.05, 0) is 219 Å². The Bertz CT molecular complexity index is 6350. The van der Waals surface area contributed by atoms with Crippen molar-refractivity contribution in [2.75, 3.05) is 0 Å². The number of aryl methyl sites for hydroxylation is 8. The first-order valence-corrected chi connectivity index (χ1v) is 36.1. The van der Waals surface area contributed by atoms with Crippen molar-refractivity contribution in [1.29, 1.82) is 0 Å². The van der Waals surface area contributed by atoms with Gasteiger partial charge in [0.2, 0.25) is 5.92 Å². The molecular formula is C84H72F10N12O12. The molecule has 1 fully saturated rings. The maximum absolute atomic E-state index is 13.4. The Labute approximate surface area is 662 Å². The number of hydrogen-bond donors (Lipinski definition) is 6. The van der Waals surface area contributed by atoms with Crippen LogP contribution in [0.15, 0.2) is 182 Å².